The number of benzene rings is 2. The molecule has 0 aliphatic rings. The van der Waals surface area contributed by atoms with Crippen LogP contribution in [0, 0.1) is 6.92 Å². The largest absolute Gasteiger partial charge is 0.494 e. The minimum absolute atomic E-state index is 0.101. The number of aromatic nitrogens is 1. The van der Waals surface area contributed by atoms with Gasteiger partial charge in [0.05, 0.1) is 23.0 Å². The van der Waals surface area contributed by atoms with Gasteiger partial charge in [-0.15, -0.1) is 22.7 Å². The zero-order chi connectivity index (χ0) is 20.9. The molecule has 0 saturated carbocycles. The SMILES string of the molecule is CCOc1ccc(N(Cc2cccs2)C(=O)c2nc(C)sc2-c2ccccc2)cc1. The summed E-state index contributed by atoms with van der Waals surface area (Å²) in [7, 11) is 0. The number of ether oxygens (including phenoxy) is 1. The molecule has 0 fully saturated rings. The minimum Gasteiger partial charge on any atom is -0.494 e. The maximum atomic E-state index is 13.7. The van der Waals surface area contributed by atoms with Crippen molar-refractivity contribution in [2.24, 2.45) is 0 Å². The first-order valence-corrected chi connectivity index (χ1v) is 11.4. The maximum Gasteiger partial charge on any atom is 0.278 e. The van der Waals surface area contributed by atoms with Gasteiger partial charge < -0.3 is 9.64 Å². The molecule has 0 saturated heterocycles. The predicted octanol–water partition coefficient (Wildman–Crippen LogP) is 6.43. The highest BCUT2D eigenvalue weighted by molar-refractivity contribution is 7.15. The number of nitrogens with zero attached hydrogens (tertiary/aromatic N) is 2. The molecule has 4 nitrogen and oxygen atoms in total. The van der Waals surface area contributed by atoms with Crippen molar-refractivity contribution < 1.29 is 9.53 Å². The Morgan fingerprint density at radius 2 is 1.80 bits per heavy atom. The second-order valence-electron chi connectivity index (χ2n) is 6.67. The summed E-state index contributed by atoms with van der Waals surface area (Å²) in [5.41, 5.74) is 2.32. The lowest BCUT2D eigenvalue weighted by molar-refractivity contribution is 0.0981. The molecular weight excluding hydrogens is 412 g/mol. The number of carbonyl (C=O) groups is 1. The number of anilines is 1. The molecule has 0 unspecified atom stereocenters. The topological polar surface area (TPSA) is 42.4 Å². The minimum atomic E-state index is -0.101. The van der Waals surface area contributed by atoms with Gasteiger partial charge in [-0.3, -0.25) is 4.79 Å². The van der Waals surface area contributed by atoms with E-state index in [1.165, 1.54) is 0 Å². The highest BCUT2D eigenvalue weighted by Crippen LogP contribution is 2.33. The van der Waals surface area contributed by atoms with Crippen molar-refractivity contribution in [1.82, 2.24) is 4.98 Å². The van der Waals surface area contributed by atoms with Crippen LogP contribution in [-0.2, 0) is 6.54 Å². The quantitative estimate of drug-likeness (QED) is 0.337. The normalized spacial score (nSPS) is 10.7. The van der Waals surface area contributed by atoms with Crippen LogP contribution in [0.25, 0.3) is 10.4 Å². The van der Waals surface area contributed by atoms with Gasteiger partial charge in [0.2, 0.25) is 0 Å². The van der Waals surface area contributed by atoms with Crippen molar-refractivity contribution in [3.8, 4) is 16.2 Å². The van der Waals surface area contributed by atoms with Crippen LogP contribution in [0.1, 0.15) is 27.3 Å². The predicted molar refractivity (Wildman–Crippen MR) is 125 cm³/mol. The van der Waals surface area contributed by atoms with Crippen molar-refractivity contribution in [3.63, 3.8) is 0 Å². The molecule has 6 heteroatoms. The Morgan fingerprint density at radius 3 is 2.47 bits per heavy atom. The first-order chi connectivity index (χ1) is 14.7. The lowest BCUT2D eigenvalue weighted by atomic mass is 10.1. The molecule has 0 aliphatic carbocycles. The van der Waals surface area contributed by atoms with Crippen LogP contribution in [0.15, 0.2) is 72.1 Å². The van der Waals surface area contributed by atoms with Crippen molar-refractivity contribution in [1.29, 1.82) is 0 Å². The lowest BCUT2D eigenvalue weighted by Crippen LogP contribution is -2.30. The van der Waals surface area contributed by atoms with E-state index in [0.29, 0.717) is 18.8 Å². The van der Waals surface area contributed by atoms with E-state index in [2.05, 4.69) is 4.98 Å². The van der Waals surface area contributed by atoms with E-state index in [4.69, 9.17) is 4.74 Å². The van der Waals surface area contributed by atoms with E-state index in [1.807, 2.05) is 86.0 Å². The van der Waals surface area contributed by atoms with Crippen molar-refractivity contribution >= 4 is 34.3 Å². The van der Waals surface area contributed by atoms with E-state index in [-0.39, 0.29) is 5.91 Å². The molecule has 0 spiro atoms. The number of carbonyl (C=O) groups excluding carboxylic acids is 1. The molecule has 30 heavy (non-hydrogen) atoms. The van der Waals surface area contributed by atoms with Gasteiger partial charge in [-0.2, -0.15) is 0 Å². The number of amides is 1. The summed E-state index contributed by atoms with van der Waals surface area (Å²) in [6.45, 7) is 5.00. The van der Waals surface area contributed by atoms with Crippen LogP contribution in [0.3, 0.4) is 0 Å². The van der Waals surface area contributed by atoms with Gasteiger partial charge in [-0.05, 0) is 55.1 Å². The molecule has 0 bridgehead atoms. The number of rotatable bonds is 7. The third-order valence-electron chi connectivity index (χ3n) is 4.57. The summed E-state index contributed by atoms with van der Waals surface area (Å²) in [5, 5.41) is 2.90. The third-order valence-corrected chi connectivity index (χ3v) is 6.45. The Labute approximate surface area is 184 Å². The van der Waals surface area contributed by atoms with E-state index >= 15 is 0 Å². The second kappa shape index (κ2) is 9.24. The van der Waals surface area contributed by atoms with Gasteiger partial charge in [-0.25, -0.2) is 4.98 Å². The van der Waals surface area contributed by atoms with Gasteiger partial charge >= 0.3 is 0 Å². The van der Waals surface area contributed by atoms with Crippen LogP contribution in [0.2, 0.25) is 0 Å². The highest BCUT2D eigenvalue weighted by Gasteiger charge is 2.25. The summed E-state index contributed by atoms with van der Waals surface area (Å²) in [6.07, 6.45) is 0. The number of hydrogen-bond donors (Lipinski definition) is 0. The Balaban J connectivity index is 1.73. The molecule has 4 aromatic rings. The maximum absolute atomic E-state index is 13.7. The van der Waals surface area contributed by atoms with Gasteiger partial charge in [0.1, 0.15) is 11.4 Å². The van der Waals surface area contributed by atoms with E-state index in [9.17, 15) is 4.79 Å². The van der Waals surface area contributed by atoms with Crippen LogP contribution in [0.5, 0.6) is 5.75 Å². The third kappa shape index (κ3) is 4.45. The number of aryl methyl sites for hydroxylation is 1. The summed E-state index contributed by atoms with van der Waals surface area (Å²) < 4.78 is 5.56. The molecule has 152 valence electrons. The first kappa shape index (κ1) is 20.3. The van der Waals surface area contributed by atoms with Crippen LogP contribution < -0.4 is 9.64 Å². The molecule has 0 aliphatic heterocycles. The Kier molecular flexibility index (Phi) is 6.26. The zero-order valence-electron chi connectivity index (χ0n) is 16.9. The molecule has 4 rings (SSSR count). The van der Waals surface area contributed by atoms with E-state index in [1.54, 1.807) is 27.6 Å². The van der Waals surface area contributed by atoms with Crippen molar-refractivity contribution in [2.75, 3.05) is 11.5 Å². The van der Waals surface area contributed by atoms with Gasteiger partial charge in [0, 0.05) is 10.6 Å². The Morgan fingerprint density at radius 1 is 1.03 bits per heavy atom. The van der Waals surface area contributed by atoms with Gasteiger partial charge in [0.25, 0.3) is 5.91 Å². The molecule has 2 heterocycles. The summed E-state index contributed by atoms with van der Waals surface area (Å²) in [6, 6.07) is 21.7. The molecule has 2 aromatic heterocycles. The molecule has 0 N–H and O–H groups in total. The fraction of sp³-hybridized carbons (Fsp3) is 0.167. The molecule has 0 radical (unpaired) electrons. The number of hydrogen-bond acceptors (Lipinski definition) is 5. The number of thiophene rings is 1. The van der Waals surface area contributed by atoms with Crippen molar-refractivity contribution in [2.45, 2.75) is 20.4 Å². The summed E-state index contributed by atoms with van der Waals surface area (Å²) in [5.74, 6) is 0.690. The van der Waals surface area contributed by atoms with Gasteiger partial charge in [0.15, 0.2) is 0 Å². The molecule has 0 atom stereocenters. The molecule has 1 amide bonds. The van der Waals surface area contributed by atoms with Crippen LogP contribution in [-0.4, -0.2) is 17.5 Å². The second-order valence-corrected chi connectivity index (χ2v) is 8.91. The monoisotopic (exact) mass is 434 g/mol. The van der Waals surface area contributed by atoms with Crippen LogP contribution >= 0.6 is 22.7 Å². The zero-order valence-corrected chi connectivity index (χ0v) is 18.5. The van der Waals surface area contributed by atoms with Gasteiger partial charge in [-0.1, -0.05) is 36.4 Å². The lowest BCUT2D eigenvalue weighted by Gasteiger charge is -2.22. The van der Waals surface area contributed by atoms with Crippen molar-refractivity contribution in [3.05, 3.63) is 87.7 Å². The Bertz CT molecular complexity index is 1100. The average molecular weight is 435 g/mol. The average Bonchev–Trinajstić information content (AvgIpc) is 3.43. The number of thiazole rings is 1. The summed E-state index contributed by atoms with van der Waals surface area (Å²) in [4.78, 5) is 22.2. The molecule has 2 aromatic carbocycles. The highest BCUT2D eigenvalue weighted by atomic mass is 32.1. The summed E-state index contributed by atoms with van der Waals surface area (Å²) >= 11 is 3.19. The fourth-order valence-electron chi connectivity index (χ4n) is 3.21. The van der Waals surface area contributed by atoms with E-state index in [0.717, 1.165) is 31.8 Å². The molecular formula is C24H22N2O2S2. The van der Waals surface area contributed by atoms with E-state index < -0.39 is 0 Å². The Hall–Kier alpha value is -2.96. The fourth-order valence-corrected chi connectivity index (χ4v) is 4.82. The first-order valence-electron chi connectivity index (χ1n) is 9.75. The smallest absolute Gasteiger partial charge is 0.278 e. The van der Waals surface area contributed by atoms with Crippen LogP contribution in [0.4, 0.5) is 5.69 Å². The standard InChI is InChI=1S/C24H22N2O2S2/c1-3-28-20-13-11-19(12-14-20)26(16-21-10-7-15-29-21)24(27)22-23(30-17(2)25-22)18-8-5-4-6-9-18/h4-15H,3,16H2,1-2H3.